The summed E-state index contributed by atoms with van der Waals surface area (Å²) in [4.78, 5) is 0. The Morgan fingerprint density at radius 3 is 1.00 bits per heavy atom. The van der Waals surface area contributed by atoms with Crippen molar-refractivity contribution >= 4 is 0 Å². The van der Waals surface area contributed by atoms with Crippen molar-refractivity contribution in [3.05, 3.63) is 0 Å². The van der Waals surface area contributed by atoms with E-state index in [-0.39, 0.29) is 12.8 Å². The van der Waals surface area contributed by atoms with Gasteiger partial charge in [-0.3, -0.25) is 0 Å². The molecule has 0 heterocycles. The van der Waals surface area contributed by atoms with Crippen LogP contribution in [-0.2, 0) is 0 Å². The molecule has 0 aromatic carbocycles. The normalized spacial score (nSPS) is 34.5. The molecule has 0 nitrogen and oxygen atoms in total. The fraction of sp³-hybridized carbons (Fsp3) is 1.00. The molecule has 10 aliphatic rings. The topological polar surface area (TPSA) is 0 Å². The van der Waals surface area contributed by atoms with Gasteiger partial charge in [0.05, 0.1) is 0 Å². The van der Waals surface area contributed by atoms with Crippen molar-refractivity contribution in [2.45, 2.75) is 410 Å². The van der Waals surface area contributed by atoms with E-state index in [2.05, 4.69) is 83.1 Å². The van der Waals surface area contributed by atoms with Gasteiger partial charge in [0.25, 0.3) is 0 Å². The van der Waals surface area contributed by atoms with E-state index in [9.17, 15) is 0 Å². The molecule has 10 rings (SSSR count). The second-order valence-electron chi connectivity index (χ2n) is 27.1. The van der Waals surface area contributed by atoms with E-state index in [1.807, 2.05) is 0 Å². The third-order valence-electron chi connectivity index (χ3n) is 19.3. The van der Waals surface area contributed by atoms with E-state index in [1.54, 1.807) is 64.7 Å². The third kappa shape index (κ3) is 51.2. The van der Waals surface area contributed by atoms with Crippen molar-refractivity contribution in [3.63, 3.8) is 0 Å². The van der Waals surface area contributed by atoms with Gasteiger partial charge in [0.2, 0.25) is 0 Å². The summed E-state index contributed by atoms with van der Waals surface area (Å²) < 4.78 is 233. The van der Waals surface area contributed by atoms with Gasteiger partial charge in [-0.25, -0.2) is 0 Å². The Balaban J connectivity index is -0.00000118. The van der Waals surface area contributed by atoms with Crippen LogP contribution in [0.5, 0.6) is 0 Å². The quantitative estimate of drug-likeness (QED) is 0.216. The molecule has 80 heavy (non-hydrogen) atoms. The lowest BCUT2D eigenvalue weighted by molar-refractivity contribution is -0.0282. The molecule has 0 saturated heterocycles. The van der Waals surface area contributed by atoms with Gasteiger partial charge < -0.3 is 0 Å². The zero-order valence-electron chi connectivity index (χ0n) is 89.4. The molecule has 486 valence electrons. The first-order chi connectivity index (χ1) is 50.9. The molecular formula is C80H166. The van der Waals surface area contributed by atoms with Crippen LogP contribution in [0.4, 0.5) is 0 Å². The van der Waals surface area contributed by atoms with Crippen molar-refractivity contribution < 1.29 is 45.2 Å². The molecule has 0 spiro atoms. The van der Waals surface area contributed by atoms with Gasteiger partial charge in [-0.15, -0.1) is 0 Å². The van der Waals surface area contributed by atoms with Crippen LogP contribution in [0.25, 0.3) is 0 Å². The van der Waals surface area contributed by atoms with Crippen LogP contribution in [0.2, 0.25) is 0 Å². The minimum atomic E-state index is -3.48. The highest BCUT2D eigenvalue weighted by atomic mass is 14.5. The van der Waals surface area contributed by atoms with Crippen LogP contribution < -0.4 is 0 Å². The van der Waals surface area contributed by atoms with Crippen molar-refractivity contribution in [2.75, 3.05) is 0 Å². The van der Waals surface area contributed by atoms with Crippen molar-refractivity contribution in [2.24, 2.45) is 106 Å². The first-order valence-electron chi connectivity index (χ1n) is 50.9. The van der Waals surface area contributed by atoms with Crippen molar-refractivity contribution in [1.29, 1.82) is 0 Å². The lowest BCUT2D eigenvalue weighted by Crippen LogP contribution is -2.43. The summed E-state index contributed by atoms with van der Waals surface area (Å²) in [7, 11) is 0. The summed E-state index contributed by atoms with van der Waals surface area (Å²) in [6, 6.07) is 0. The zero-order valence-corrected chi connectivity index (χ0v) is 56.4. The number of hydrogen-bond donors (Lipinski definition) is 0. The predicted molar refractivity (Wildman–Crippen MR) is 374 cm³/mol. The molecular weight excluding hydrogens is 961 g/mol. The lowest BCUT2D eigenvalue weighted by atomic mass is 9.52. The predicted octanol–water partition coefficient (Wildman–Crippen LogP) is 29.4. The van der Waals surface area contributed by atoms with Gasteiger partial charge in [-0.1, -0.05) is 359 Å². The van der Waals surface area contributed by atoms with Crippen LogP contribution in [0.15, 0.2) is 0 Å². The van der Waals surface area contributed by atoms with Gasteiger partial charge in [0.1, 0.15) is 0 Å². The molecule has 0 aliphatic heterocycles. The van der Waals surface area contributed by atoms with E-state index in [1.165, 1.54) is 161 Å². The molecule has 0 heteroatoms. The molecule has 10 fully saturated rings. The van der Waals surface area contributed by atoms with Gasteiger partial charge in [0, 0.05) is 45.2 Å². The van der Waals surface area contributed by atoms with E-state index in [4.69, 9.17) is 45.2 Å². The first kappa shape index (κ1) is 41.3. The summed E-state index contributed by atoms with van der Waals surface area (Å²) in [6.45, 7) is 5.05. The Morgan fingerprint density at radius 1 is 0.425 bits per heavy atom. The molecule has 10 saturated carbocycles. The van der Waals surface area contributed by atoms with Crippen molar-refractivity contribution in [3.8, 4) is 0 Å². The SMILES string of the molecule is CC1C2CC3CC(C2)CC1C3.CC1CC2CCC1C2.CC1CCCC1.CC1CCCCC1.CCC(C)CC.CCC1CCCC1.CCC1CCCCC1.CCCC(C)C.[2H]C([2H])([2H])C(C([2H])([2H])[2H])(C([2H])([2H])[2H])C([2H])([2H])C.[2H]C([2H])([2H])C(CC)C([2H])([2H])[2H].[2H]C([2H])([2H])C([2H])(C([2H])([2H])[2H])C([2H])([2H])C.[2H]C([2H])([2H])C([2H])(CC)C([2H])([2H])[2H]. The summed E-state index contributed by atoms with van der Waals surface area (Å²) in [5, 5.41) is 0. The first-order valence-corrected chi connectivity index (χ1v) is 34.4. The Morgan fingerprint density at radius 2 is 0.850 bits per heavy atom. The summed E-state index contributed by atoms with van der Waals surface area (Å²) in [5.41, 5.74) is -3.42. The average Bonchev–Trinajstić information content (AvgIpc) is 1.04. The maximum atomic E-state index is 7.39. The van der Waals surface area contributed by atoms with Crippen LogP contribution >= 0.6 is 0 Å². The van der Waals surface area contributed by atoms with E-state index >= 15 is 0 Å². The molecule has 3 atom stereocenters. The number of fused-ring (bicyclic) bond motifs is 2. The Kier molecular flexibility index (Phi) is 28.1. The summed E-state index contributed by atoms with van der Waals surface area (Å²) in [5.74, 6) is 8.54. The highest BCUT2D eigenvalue weighted by Gasteiger charge is 2.46. The minimum absolute atomic E-state index is 0.160. The molecule has 0 radical (unpaired) electrons. The second-order valence-corrected chi connectivity index (χ2v) is 27.1. The minimum Gasteiger partial charge on any atom is -0.0654 e. The lowest BCUT2D eigenvalue weighted by Gasteiger charge is -2.53. The molecule has 0 N–H and O–H groups in total. The fourth-order valence-electron chi connectivity index (χ4n) is 13.1. The zero-order chi connectivity index (χ0) is 89.4. The van der Waals surface area contributed by atoms with Gasteiger partial charge in [0.15, 0.2) is 0 Å². The smallest absolute Gasteiger partial charge is 0.0297 e. The number of rotatable bonds is 9. The summed E-state index contributed by atoms with van der Waals surface area (Å²) in [6.07, 6.45) is 43.7. The Bertz CT molecular complexity index is 2210. The largest absolute Gasteiger partial charge is 0.0654 e. The molecule has 0 aromatic heterocycles. The molecule has 3 unspecified atom stereocenters. The van der Waals surface area contributed by atoms with Crippen LogP contribution in [0, 0.1) is 106 Å². The van der Waals surface area contributed by atoms with Crippen LogP contribution in [0.3, 0.4) is 0 Å². The molecule has 6 bridgehead atoms. The van der Waals surface area contributed by atoms with E-state index < -0.39 is 97.5 Å². The second kappa shape index (κ2) is 54.4. The average molecular weight is 1160 g/mol. The van der Waals surface area contributed by atoms with Crippen LogP contribution in [-0.4, -0.2) is 0 Å². The highest BCUT2D eigenvalue weighted by Crippen LogP contribution is 2.56. The van der Waals surface area contributed by atoms with Gasteiger partial charge in [-0.2, -0.15) is 0 Å². The highest BCUT2D eigenvalue weighted by molar-refractivity contribution is 4.96. The third-order valence-corrected chi connectivity index (χ3v) is 19.3. The Labute approximate surface area is 560 Å². The molecule has 0 aromatic rings. The van der Waals surface area contributed by atoms with E-state index in [0.717, 1.165) is 89.8 Å². The number of hydrogen-bond acceptors (Lipinski definition) is 0. The molecule has 10 aliphatic carbocycles. The van der Waals surface area contributed by atoms with Crippen LogP contribution in [0.1, 0.15) is 455 Å². The monoisotopic (exact) mass is 1160 g/mol. The Hall–Kier alpha value is 0. The summed E-state index contributed by atoms with van der Waals surface area (Å²) >= 11 is 0. The van der Waals surface area contributed by atoms with Crippen molar-refractivity contribution in [1.82, 2.24) is 0 Å². The molecule has 0 amide bonds. The van der Waals surface area contributed by atoms with Gasteiger partial charge in [-0.05, 0) is 157 Å². The van der Waals surface area contributed by atoms with Gasteiger partial charge >= 0.3 is 0 Å². The van der Waals surface area contributed by atoms with E-state index in [0.29, 0.717) is 6.92 Å². The maximum absolute atomic E-state index is 7.39. The fourth-order valence-corrected chi connectivity index (χ4v) is 13.1. The maximum Gasteiger partial charge on any atom is 0.0297 e. The standard InChI is InChI=1S/C11H18.C8H14.C8H16.2C7H14.C6H12.3C6H14.3C5H12/c1-7-10-3-8-2-9(5-10)6-11(7)4-8;1-6-4-7-2-3-8(6)5-7;1-2-8-6-4-3-5-7-8;1-7-5-3-2-4-6-7;1-2-7-5-3-4-6-7;1-6-4-2-3-5-6;1-5-6(2,3)4;1-4-5-6(2)3;1-4-6(3)5-2;3*1-4-5(2)3/h7-11H,2-6H2,1H3;6-8H,2-5H2,1H3;8H,2-7H2,1H3;2*7H,2-6H2,1H3;6H,2-5H2,1H3;5H2,1-4H3;2*6H,4-5H2,1-3H3;3*5H,4H2,1-3H3/i;;;;;;2D3,3D3,4D3,5D2;;;2D3,3D3,4D2,5D;2D3,3D3,5D;2D3,3D3.